The van der Waals surface area contributed by atoms with Crippen molar-refractivity contribution in [2.75, 3.05) is 12.5 Å². The number of hydrogen-bond donors (Lipinski definition) is 2. The summed E-state index contributed by atoms with van der Waals surface area (Å²) >= 11 is 3.20. The molecule has 2 aromatic carbocycles. The van der Waals surface area contributed by atoms with Gasteiger partial charge in [0.1, 0.15) is 5.75 Å². The second-order valence-electron chi connectivity index (χ2n) is 16.0. The van der Waals surface area contributed by atoms with Crippen LogP contribution in [0.1, 0.15) is 125 Å². The average molecular weight is 684 g/mol. The van der Waals surface area contributed by atoms with Gasteiger partial charge in [-0.15, -0.1) is 23.5 Å². The Hall–Kier alpha value is -1.35. The topological polar surface area (TPSA) is 89.6 Å². The van der Waals surface area contributed by atoms with E-state index in [1.807, 2.05) is 12.3 Å². The van der Waals surface area contributed by atoms with Gasteiger partial charge >= 0.3 is 10.3 Å². The zero-order valence-electron chi connectivity index (χ0n) is 28.1. The highest BCUT2D eigenvalue weighted by atomic mass is 32.2. The SMILES string of the molecule is CSc1cc2c(cc1O)CCC1C2CC[C@]2(C)CCCC12.CSc1cc2c(cc1OS(N)(=O)=O)CCC1C2CC[C@]2(C)CCCC12. The number of rotatable bonds is 4. The first kappa shape index (κ1) is 33.2. The van der Waals surface area contributed by atoms with Gasteiger partial charge in [-0.25, -0.2) is 0 Å². The Morgan fingerprint density at radius 1 is 0.739 bits per heavy atom. The van der Waals surface area contributed by atoms with Crippen molar-refractivity contribution in [3.05, 3.63) is 46.5 Å². The number of benzene rings is 2. The predicted molar refractivity (Wildman–Crippen MR) is 190 cm³/mol. The van der Waals surface area contributed by atoms with E-state index >= 15 is 0 Å². The standard InChI is InChI=1S/C19H27NO3S2.C19H26OS/c1-19-8-3-4-16(19)14-6-5-12-10-17(23-25(20,21)22)18(24-2)11-15(12)13(14)7-9-19;1-19-8-3-4-16(19)14-6-5-12-10-17(20)18(21-2)11-15(12)13(14)7-9-19/h10-11,13-14,16H,3-9H2,1-2H3,(H2,20,21,22);10-11,13-14,16,20H,3-9H2,1-2H3/t2*13?,14?,16?,19-/m00/s1. The summed E-state index contributed by atoms with van der Waals surface area (Å²) < 4.78 is 27.8. The van der Waals surface area contributed by atoms with Crippen molar-refractivity contribution in [3.63, 3.8) is 0 Å². The molecular formula is C38H53NO4S3. The molecule has 8 heteroatoms. The van der Waals surface area contributed by atoms with E-state index in [1.54, 1.807) is 17.3 Å². The maximum Gasteiger partial charge on any atom is 0.380 e. The number of aryl methyl sites for hydroxylation is 2. The van der Waals surface area contributed by atoms with Crippen LogP contribution >= 0.6 is 23.5 Å². The van der Waals surface area contributed by atoms with Crippen molar-refractivity contribution in [2.45, 2.75) is 125 Å². The molecule has 0 spiro atoms. The Morgan fingerprint density at radius 2 is 1.24 bits per heavy atom. The molecule has 2 aromatic rings. The van der Waals surface area contributed by atoms with E-state index in [2.05, 4.69) is 38.3 Å². The van der Waals surface area contributed by atoms with Crippen LogP contribution in [-0.4, -0.2) is 26.0 Å². The smallest absolute Gasteiger partial charge is 0.380 e. The quantitative estimate of drug-likeness (QED) is 0.312. The number of hydrogen-bond acceptors (Lipinski definition) is 6. The predicted octanol–water partition coefficient (Wildman–Crippen LogP) is 9.60. The normalized spacial score (nSPS) is 35.8. The summed E-state index contributed by atoms with van der Waals surface area (Å²) in [5.41, 5.74) is 6.86. The second-order valence-corrected chi connectivity index (χ2v) is 18.9. The summed E-state index contributed by atoms with van der Waals surface area (Å²) in [4.78, 5) is 1.93. The molecule has 0 bridgehead atoms. The molecule has 6 aliphatic rings. The number of fused-ring (bicyclic) bond motifs is 10. The summed E-state index contributed by atoms with van der Waals surface area (Å²) in [6.45, 7) is 5.06. The van der Waals surface area contributed by atoms with Crippen LogP contribution in [0.3, 0.4) is 0 Å². The maximum absolute atomic E-state index is 11.4. The minimum absolute atomic E-state index is 0.383. The van der Waals surface area contributed by atoms with Crippen LogP contribution in [0.4, 0.5) is 0 Å². The van der Waals surface area contributed by atoms with Crippen LogP contribution in [0.15, 0.2) is 34.1 Å². The van der Waals surface area contributed by atoms with Gasteiger partial charge in [-0.05, 0) is 182 Å². The Labute approximate surface area is 285 Å². The van der Waals surface area contributed by atoms with Gasteiger partial charge in [-0.2, -0.15) is 13.6 Å². The van der Waals surface area contributed by atoms with Crippen molar-refractivity contribution < 1.29 is 17.7 Å². The monoisotopic (exact) mass is 683 g/mol. The Balaban J connectivity index is 0.000000149. The molecular weight excluding hydrogens is 631 g/mol. The van der Waals surface area contributed by atoms with Gasteiger partial charge in [0.25, 0.3) is 0 Å². The van der Waals surface area contributed by atoms with E-state index in [9.17, 15) is 13.5 Å². The number of nitrogens with two attached hydrogens (primary N) is 1. The van der Waals surface area contributed by atoms with E-state index in [4.69, 9.17) is 9.32 Å². The summed E-state index contributed by atoms with van der Waals surface area (Å²) in [5, 5.41) is 15.2. The minimum Gasteiger partial charge on any atom is -0.507 e. The van der Waals surface area contributed by atoms with Crippen LogP contribution in [0.5, 0.6) is 11.5 Å². The van der Waals surface area contributed by atoms with Crippen LogP contribution in [0.25, 0.3) is 0 Å². The lowest BCUT2D eigenvalue weighted by Gasteiger charge is -2.49. The first-order valence-corrected chi connectivity index (χ1v) is 21.7. The molecule has 0 amide bonds. The number of aromatic hydroxyl groups is 1. The van der Waals surface area contributed by atoms with Crippen molar-refractivity contribution in [1.29, 1.82) is 0 Å². The number of thioether (sulfide) groups is 2. The van der Waals surface area contributed by atoms with E-state index in [0.717, 1.165) is 45.8 Å². The van der Waals surface area contributed by atoms with Gasteiger partial charge in [0, 0.05) is 4.90 Å². The highest BCUT2D eigenvalue weighted by Gasteiger charge is 2.51. The van der Waals surface area contributed by atoms with E-state index in [-0.39, 0.29) is 0 Å². The fourth-order valence-corrected chi connectivity index (χ4v) is 13.2. The third-order valence-corrected chi connectivity index (χ3v) is 15.7. The van der Waals surface area contributed by atoms with Gasteiger partial charge in [0.2, 0.25) is 0 Å². The molecule has 8 atom stereocenters. The van der Waals surface area contributed by atoms with Gasteiger partial charge < -0.3 is 9.29 Å². The molecule has 5 nitrogen and oxygen atoms in total. The first-order chi connectivity index (χ1) is 21.9. The van der Waals surface area contributed by atoms with Crippen LogP contribution in [-0.2, 0) is 23.1 Å². The Bertz CT molecular complexity index is 1590. The lowest BCUT2D eigenvalue weighted by Crippen LogP contribution is -2.39. The van der Waals surface area contributed by atoms with Gasteiger partial charge in [-0.3, -0.25) is 0 Å². The molecule has 0 heterocycles. The lowest BCUT2D eigenvalue weighted by molar-refractivity contribution is 0.0597. The van der Waals surface area contributed by atoms with E-state index in [1.165, 1.54) is 112 Å². The second kappa shape index (κ2) is 12.5. The maximum atomic E-state index is 11.4. The molecule has 6 unspecified atom stereocenters. The van der Waals surface area contributed by atoms with Crippen LogP contribution < -0.4 is 9.32 Å². The number of phenols is 1. The summed E-state index contributed by atoms with van der Waals surface area (Å²) in [6, 6.07) is 8.46. The third kappa shape index (κ3) is 5.94. The van der Waals surface area contributed by atoms with Crippen molar-refractivity contribution >= 4 is 33.8 Å². The summed E-state index contributed by atoms with van der Waals surface area (Å²) in [7, 11) is -3.99. The minimum atomic E-state index is -3.99. The molecule has 8 rings (SSSR count). The largest absolute Gasteiger partial charge is 0.507 e. The van der Waals surface area contributed by atoms with Gasteiger partial charge in [-0.1, -0.05) is 26.7 Å². The molecule has 4 fully saturated rings. The van der Waals surface area contributed by atoms with Crippen LogP contribution in [0.2, 0.25) is 0 Å². The summed E-state index contributed by atoms with van der Waals surface area (Å²) in [5.74, 6) is 5.75. The fraction of sp³-hybridized carbons (Fsp3) is 0.684. The molecule has 6 aliphatic carbocycles. The zero-order valence-corrected chi connectivity index (χ0v) is 30.6. The van der Waals surface area contributed by atoms with Crippen molar-refractivity contribution in [3.8, 4) is 11.5 Å². The van der Waals surface area contributed by atoms with Crippen molar-refractivity contribution in [2.24, 2.45) is 39.6 Å². The zero-order chi connectivity index (χ0) is 32.4. The van der Waals surface area contributed by atoms with Gasteiger partial charge in [0.15, 0.2) is 5.75 Å². The van der Waals surface area contributed by atoms with E-state index < -0.39 is 10.3 Å². The Morgan fingerprint density at radius 3 is 1.74 bits per heavy atom. The molecule has 0 radical (unpaired) electrons. The third-order valence-electron chi connectivity index (χ3n) is 13.8. The fourth-order valence-electron chi connectivity index (χ4n) is 11.7. The average Bonchev–Trinajstić information content (AvgIpc) is 3.62. The number of phenolic OH excluding ortho intramolecular Hbond substituents is 1. The Kier molecular flexibility index (Phi) is 9.02. The molecule has 0 aliphatic heterocycles. The molecule has 4 saturated carbocycles. The molecule has 46 heavy (non-hydrogen) atoms. The lowest BCUT2D eigenvalue weighted by atomic mass is 9.56. The first-order valence-electron chi connectivity index (χ1n) is 17.8. The van der Waals surface area contributed by atoms with E-state index in [0.29, 0.717) is 28.2 Å². The van der Waals surface area contributed by atoms with Gasteiger partial charge in [0.05, 0.1) is 4.90 Å². The molecule has 0 aromatic heterocycles. The summed E-state index contributed by atoms with van der Waals surface area (Å²) in [6.07, 6.45) is 22.6. The van der Waals surface area contributed by atoms with Crippen LogP contribution in [0, 0.1) is 34.5 Å². The highest BCUT2D eigenvalue weighted by molar-refractivity contribution is 7.99. The molecule has 3 N–H and O–H groups in total. The molecule has 252 valence electrons. The molecule has 0 saturated heterocycles. The van der Waals surface area contributed by atoms with Crippen molar-refractivity contribution in [1.82, 2.24) is 0 Å². The highest BCUT2D eigenvalue weighted by Crippen LogP contribution is 2.62.